The number of hydrogen-bond donors (Lipinski definition) is 1. The molecule has 0 aliphatic heterocycles. The molecule has 0 bridgehead atoms. The molecule has 0 aliphatic rings. The lowest BCUT2D eigenvalue weighted by molar-refractivity contribution is -0.146. The molecular formula is C12H15N3O4S2. The van der Waals surface area contributed by atoms with Crippen molar-refractivity contribution in [1.29, 1.82) is 0 Å². The lowest BCUT2D eigenvalue weighted by Gasteiger charge is -2.32. The van der Waals surface area contributed by atoms with Crippen LogP contribution in [-0.4, -0.2) is 44.6 Å². The fourth-order valence-electron chi connectivity index (χ4n) is 2.08. The molecular weight excluding hydrogens is 314 g/mol. The number of rotatable bonds is 5. The van der Waals surface area contributed by atoms with Gasteiger partial charge in [0, 0.05) is 6.54 Å². The van der Waals surface area contributed by atoms with Crippen molar-refractivity contribution in [1.82, 2.24) is 13.1 Å². The molecule has 1 N–H and O–H groups in total. The number of sulfonamides is 1. The maximum atomic E-state index is 12.8. The van der Waals surface area contributed by atoms with Crippen molar-refractivity contribution in [3.05, 3.63) is 18.2 Å². The maximum Gasteiger partial charge on any atom is 0.324 e. The Morgan fingerprint density at radius 3 is 2.62 bits per heavy atom. The Hall–Kier alpha value is -1.58. The highest BCUT2D eigenvalue weighted by Gasteiger charge is 2.42. The Morgan fingerprint density at radius 1 is 1.38 bits per heavy atom. The van der Waals surface area contributed by atoms with E-state index >= 15 is 0 Å². The molecule has 114 valence electrons. The van der Waals surface area contributed by atoms with Crippen LogP contribution in [-0.2, 0) is 14.8 Å². The topological polar surface area (TPSA) is 100 Å². The summed E-state index contributed by atoms with van der Waals surface area (Å²) >= 11 is 0.917. The van der Waals surface area contributed by atoms with Gasteiger partial charge in [-0.3, -0.25) is 4.79 Å². The second-order valence-electron chi connectivity index (χ2n) is 4.92. The highest BCUT2D eigenvalue weighted by molar-refractivity contribution is 7.89. The number of carboxylic acid groups (broad SMARTS) is 1. The SMILES string of the molecule is CCN(C(C)(C)C(=O)O)S(=O)(=O)c1cccc2nsnc12. The summed E-state index contributed by atoms with van der Waals surface area (Å²) in [4.78, 5) is 11.4. The normalized spacial score (nSPS) is 13.0. The minimum absolute atomic E-state index is 0.0232. The van der Waals surface area contributed by atoms with Crippen molar-refractivity contribution in [2.45, 2.75) is 31.2 Å². The summed E-state index contributed by atoms with van der Waals surface area (Å²) in [6.07, 6.45) is 0. The van der Waals surface area contributed by atoms with Gasteiger partial charge in [-0.1, -0.05) is 13.0 Å². The molecule has 0 atom stereocenters. The summed E-state index contributed by atoms with van der Waals surface area (Å²) in [5.41, 5.74) is -0.813. The number of likely N-dealkylation sites (N-methyl/N-ethyl adjacent to an activating group) is 1. The Balaban J connectivity index is 2.65. The van der Waals surface area contributed by atoms with Gasteiger partial charge in [0.2, 0.25) is 10.0 Å². The third kappa shape index (κ3) is 2.52. The van der Waals surface area contributed by atoms with E-state index < -0.39 is 21.5 Å². The van der Waals surface area contributed by atoms with Gasteiger partial charge in [-0.2, -0.15) is 13.1 Å². The summed E-state index contributed by atoms with van der Waals surface area (Å²) < 4.78 is 34.6. The van der Waals surface area contributed by atoms with Crippen LogP contribution in [0, 0.1) is 0 Å². The Morgan fingerprint density at radius 2 is 2.05 bits per heavy atom. The van der Waals surface area contributed by atoms with Gasteiger partial charge in [0.1, 0.15) is 21.5 Å². The smallest absolute Gasteiger partial charge is 0.324 e. The monoisotopic (exact) mass is 329 g/mol. The molecule has 21 heavy (non-hydrogen) atoms. The number of aromatic nitrogens is 2. The van der Waals surface area contributed by atoms with Crippen molar-refractivity contribution in [3.8, 4) is 0 Å². The number of benzene rings is 1. The minimum atomic E-state index is -3.99. The van der Waals surface area contributed by atoms with Gasteiger partial charge < -0.3 is 5.11 Å². The molecule has 0 radical (unpaired) electrons. The zero-order valence-corrected chi connectivity index (χ0v) is 13.4. The fourth-order valence-corrected chi connectivity index (χ4v) is 4.59. The number of aliphatic carboxylic acids is 1. The lowest BCUT2D eigenvalue weighted by atomic mass is 10.1. The zero-order valence-electron chi connectivity index (χ0n) is 11.8. The van der Waals surface area contributed by atoms with E-state index in [0.29, 0.717) is 5.52 Å². The first-order valence-electron chi connectivity index (χ1n) is 6.20. The van der Waals surface area contributed by atoms with Gasteiger partial charge in [-0.25, -0.2) is 8.42 Å². The molecule has 0 aliphatic carbocycles. The molecule has 0 amide bonds. The van der Waals surface area contributed by atoms with Crippen LogP contribution in [0.25, 0.3) is 11.0 Å². The van der Waals surface area contributed by atoms with Gasteiger partial charge in [-0.05, 0) is 26.0 Å². The third-order valence-corrected chi connectivity index (χ3v) is 5.97. The van der Waals surface area contributed by atoms with Crippen LogP contribution >= 0.6 is 11.7 Å². The van der Waals surface area contributed by atoms with E-state index in [4.69, 9.17) is 0 Å². The van der Waals surface area contributed by atoms with Gasteiger partial charge in [0.15, 0.2) is 0 Å². The molecule has 0 spiro atoms. The number of carboxylic acids is 1. The van der Waals surface area contributed by atoms with E-state index in [9.17, 15) is 18.3 Å². The maximum absolute atomic E-state index is 12.8. The molecule has 1 aromatic heterocycles. The Bertz CT molecular complexity index is 783. The van der Waals surface area contributed by atoms with E-state index in [-0.39, 0.29) is 17.0 Å². The summed E-state index contributed by atoms with van der Waals surface area (Å²) in [6.45, 7) is 4.35. The van der Waals surface area contributed by atoms with Crippen molar-refractivity contribution >= 4 is 38.8 Å². The predicted molar refractivity (Wildman–Crippen MR) is 78.7 cm³/mol. The van der Waals surface area contributed by atoms with Crippen molar-refractivity contribution < 1.29 is 18.3 Å². The van der Waals surface area contributed by atoms with E-state index in [2.05, 4.69) is 8.75 Å². The Labute approximate surface area is 126 Å². The molecule has 9 heteroatoms. The van der Waals surface area contributed by atoms with Gasteiger partial charge >= 0.3 is 5.97 Å². The van der Waals surface area contributed by atoms with Crippen molar-refractivity contribution in [3.63, 3.8) is 0 Å². The van der Waals surface area contributed by atoms with E-state index in [1.54, 1.807) is 19.1 Å². The second-order valence-corrected chi connectivity index (χ2v) is 7.28. The summed E-state index contributed by atoms with van der Waals surface area (Å²) in [7, 11) is -3.99. The average molecular weight is 329 g/mol. The summed E-state index contributed by atoms with van der Waals surface area (Å²) in [5.74, 6) is -1.21. The van der Waals surface area contributed by atoms with Crippen LogP contribution in [0.4, 0.5) is 0 Å². The molecule has 0 saturated carbocycles. The van der Waals surface area contributed by atoms with E-state index in [1.165, 1.54) is 19.9 Å². The highest BCUT2D eigenvalue weighted by Crippen LogP contribution is 2.29. The quantitative estimate of drug-likeness (QED) is 0.893. The van der Waals surface area contributed by atoms with Crippen LogP contribution < -0.4 is 0 Å². The zero-order chi connectivity index (χ0) is 15.8. The Kier molecular flexibility index (Phi) is 4.00. The van der Waals surface area contributed by atoms with Gasteiger partial charge in [-0.15, -0.1) is 0 Å². The van der Waals surface area contributed by atoms with E-state index in [1.807, 2.05) is 0 Å². The van der Waals surface area contributed by atoms with Crippen LogP contribution in [0.5, 0.6) is 0 Å². The summed E-state index contributed by atoms with van der Waals surface area (Å²) in [6, 6.07) is 4.65. The van der Waals surface area contributed by atoms with Gasteiger partial charge in [0.25, 0.3) is 0 Å². The highest BCUT2D eigenvalue weighted by atomic mass is 32.2. The second kappa shape index (κ2) is 5.32. The van der Waals surface area contributed by atoms with Crippen LogP contribution in [0.2, 0.25) is 0 Å². The van der Waals surface area contributed by atoms with Crippen LogP contribution in [0.15, 0.2) is 23.1 Å². The molecule has 0 fully saturated rings. The molecule has 2 rings (SSSR count). The largest absolute Gasteiger partial charge is 0.480 e. The minimum Gasteiger partial charge on any atom is -0.480 e. The van der Waals surface area contributed by atoms with Crippen LogP contribution in [0.1, 0.15) is 20.8 Å². The standard InChI is InChI=1S/C12H15N3O4S2/c1-4-15(12(2,3)11(16)17)21(18,19)9-7-5-6-8-10(9)14-20-13-8/h5-7H,4H2,1-3H3,(H,16,17). The first kappa shape index (κ1) is 15.8. The third-order valence-electron chi connectivity index (χ3n) is 3.25. The first-order chi connectivity index (χ1) is 9.72. The van der Waals surface area contributed by atoms with Gasteiger partial charge in [0.05, 0.1) is 11.7 Å². The molecule has 7 nitrogen and oxygen atoms in total. The number of carbonyl (C=O) groups is 1. The molecule has 1 aromatic carbocycles. The summed E-state index contributed by atoms with van der Waals surface area (Å²) in [5, 5.41) is 9.29. The lowest BCUT2D eigenvalue weighted by Crippen LogP contribution is -2.52. The number of hydrogen-bond acceptors (Lipinski definition) is 6. The van der Waals surface area contributed by atoms with Crippen molar-refractivity contribution in [2.75, 3.05) is 6.54 Å². The van der Waals surface area contributed by atoms with E-state index in [0.717, 1.165) is 16.0 Å². The fraction of sp³-hybridized carbons (Fsp3) is 0.417. The first-order valence-corrected chi connectivity index (χ1v) is 8.37. The molecule has 2 aromatic rings. The average Bonchev–Trinajstić information content (AvgIpc) is 2.86. The van der Waals surface area contributed by atoms with Crippen molar-refractivity contribution in [2.24, 2.45) is 0 Å². The number of nitrogens with zero attached hydrogens (tertiary/aromatic N) is 3. The molecule has 0 saturated heterocycles. The van der Waals surface area contributed by atoms with Crippen LogP contribution in [0.3, 0.4) is 0 Å². The predicted octanol–water partition coefficient (Wildman–Crippen LogP) is 1.57. The number of fused-ring (bicyclic) bond motifs is 1. The molecule has 0 unspecified atom stereocenters. The molecule has 1 heterocycles.